The van der Waals surface area contributed by atoms with Gasteiger partial charge in [0.25, 0.3) is 0 Å². The lowest BCUT2D eigenvalue weighted by Crippen LogP contribution is -2.40. The van der Waals surface area contributed by atoms with E-state index in [9.17, 15) is 10.2 Å². The summed E-state index contributed by atoms with van der Waals surface area (Å²) in [5.74, 6) is 1.13. The van der Waals surface area contributed by atoms with Gasteiger partial charge in [-0.05, 0) is 19.4 Å². The van der Waals surface area contributed by atoms with E-state index in [1.54, 1.807) is 0 Å². The number of nitrogens with zero attached hydrogens (tertiary/aromatic N) is 3. The monoisotopic (exact) mass is 289 g/mol. The van der Waals surface area contributed by atoms with E-state index in [-0.39, 0.29) is 25.3 Å². The van der Waals surface area contributed by atoms with E-state index in [4.69, 9.17) is 4.52 Å². The SMILES string of the molecule is OCC(CO)N1CCCC1c1nc(-c2ccccc2)no1. The highest BCUT2D eigenvalue weighted by Crippen LogP contribution is 2.33. The molecule has 2 heterocycles. The summed E-state index contributed by atoms with van der Waals surface area (Å²) in [6.07, 6.45) is 1.89. The maximum Gasteiger partial charge on any atom is 0.244 e. The number of aromatic nitrogens is 2. The summed E-state index contributed by atoms with van der Waals surface area (Å²) >= 11 is 0. The summed E-state index contributed by atoms with van der Waals surface area (Å²) < 4.78 is 5.41. The average Bonchev–Trinajstić information content (AvgIpc) is 3.18. The molecule has 1 aliphatic heterocycles. The fourth-order valence-corrected chi connectivity index (χ4v) is 2.83. The van der Waals surface area contributed by atoms with Crippen LogP contribution < -0.4 is 0 Å². The summed E-state index contributed by atoms with van der Waals surface area (Å²) in [6, 6.07) is 9.37. The van der Waals surface area contributed by atoms with E-state index in [0.29, 0.717) is 11.7 Å². The molecule has 2 aromatic rings. The van der Waals surface area contributed by atoms with Crippen LogP contribution in [0.5, 0.6) is 0 Å². The first kappa shape index (κ1) is 14.2. The van der Waals surface area contributed by atoms with Gasteiger partial charge in [-0.25, -0.2) is 0 Å². The molecule has 6 nitrogen and oxygen atoms in total. The largest absolute Gasteiger partial charge is 0.395 e. The smallest absolute Gasteiger partial charge is 0.244 e. The van der Waals surface area contributed by atoms with E-state index in [1.807, 2.05) is 35.2 Å². The van der Waals surface area contributed by atoms with Gasteiger partial charge in [0.15, 0.2) is 0 Å². The van der Waals surface area contributed by atoms with Crippen molar-refractivity contribution < 1.29 is 14.7 Å². The van der Waals surface area contributed by atoms with E-state index < -0.39 is 0 Å². The van der Waals surface area contributed by atoms with Crippen LogP contribution in [0, 0.1) is 0 Å². The normalized spacial score (nSPS) is 19.5. The van der Waals surface area contributed by atoms with Crippen LogP contribution in [-0.2, 0) is 0 Å². The van der Waals surface area contributed by atoms with Crippen molar-refractivity contribution in [3.63, 3.8) is 0 Å². The fraction of sp³-hybridized carbons (Fsp3) is 0.467. The third kappa shape index (κ3) is 2.83. The first-order chi connectivity index (χ1) is 10.3. The molecule has 1 unspecified atom stereocenters. The van der Waals surface area contributed by atoms with Crippen LogP contribution in [0.4, 0.5) is 0 Å². The molecule has 0 saturated carbocycles. The maximum absolute atomic E-state index is 9.37. The molecule has 0 amide bonds. The number of hydrogen-bond acceptors (Lipinski definition) is 6. The van der Waals surface area contributed by atoms with Gasteiger partial charge in [-0.15, -0.1) is 0 Å². The Labute approximate surface area is 123 Å². The zero-order valence-corrected chi connectivity index (χ0v) is 11.7. The molecule has 1 aromatic heterocycles. The molecule has 1 atom stereocenters. The molecule has 21 heavy (non-hydrogen) atoms. The first-order valence-corrected chi connectivity index (χ1v) is 7.20. The molecule has 0 radical (unpaired) electrons. The maximum atomic E-state index is 9.37. The Morgan fingerprint density at radius 2 is 2.00 bits per heavy atom. The van der Waals surface area contributed by atoms with Crippen molar-refractivity contribution >= 4 is 0 Å². The number of rotatable bonds is 5. The second-order valence-electron chi connectivity index (χ2n) is 5.24. The average molecular weight is 289 g/mol. The lowest BCUT2D eigenvalue weighted by atomic mass is 10.2. The predicted octanol–water partition coefficient (Wildman–Crippen LogP) is 1.23. The summed E-state index contributed by atoms with van der Waals surface area (Å²) in [5.41, 5.74) is 0.915. The third-order valence-corrected chi connectivity index (χ3v) is 3.94. The van der Waals surface area contributed by atoms with Gasteiger partial charge in [-0.2, -0.15) is 4.98 Å². The molecule has 0 bridgehead atoms. The number of aliphatic hydroxyl groups is 2. The van der Waals surface area contributed by atoms with Crippen molar-refractivity contribution in [3.05, 3.63) is 36.2 Å². The van der Waals surface area contributed by atoms with Crippen LogP contribution in [0.1, 0.15) is 24.8 Å². The number of aliphatic hydroxyl groups excluding tert-OH is 2. The molecule has 6 heteroatoms. The van der Waals surface area contributed by atoms with E-state index in [1.165, 1.54) is 0 Å². The molecular weight excluding hydrogens is 270 g/mol. The van der Waals surface area contributed by atoms with Gasteiger partial charge in [-0.1, -0.05) is 35.5 Å². The Kier molecular flexibility index (Phi) is 4.28. The van der Waals surface area contributed by atoms with Gasteiger partial charge in [0.2, 0.25) is 11.7 Å². The van der Waals surface area contributed by atoms with Crippen molar-refractivity contribution in [2.24, 2.45) is 0 Å². The summed E-state index contributed by atoms with van der Waals surface area (Å²) in [5, 5.41) is 22.8. The van der Waals surface area contributed by atoms with Gasteiger partial charge in [0, 0.05) is 5.56 Å². The van der Waals surface area contributed by atoms with Crippen molar-refractivity contribution in [2.45, 2.75) is 24.9 Å². The third-order valence-electron chi connectivity index (χ3n) is 3.94. The molecule has 2 N–H and O–H groups in total. The lowest BCUT2D eigenvalue weighted by Gasteiger charge is -2.28. The lowest BCUT2D eigenvalue weighted by molar-refractivity contribution is 0.0560. The van der Waals surface area contributed by atoms with E-state index in [2.05, 4.69) is 10.1 Å². The minimum Gasteiger partial charge on any atom is -0.395 e. The van der Waals surface area contributed by atoms with E-state index >= 15 is 0 Å². The fourth-order valence-electron chi connectivity index (χ4n) is 2.83. The zero-order valence-electron chi connectivity index (χ0n) is 11.7. The summed E-state index contributed by atoms with van der Waals surface area (Å²) in [6.45, 7) is 0.666. The van der Waals surface area contributed by atoms with Crippen LogP contribution in [-0.4, -0.2) is 51.1 Å². The molecule has 1 aliphatic rings. The highest BCUT2D eigenvalue weighted by molar-refractivity contribution is 5.53. The number of likely N-dealkylation sites (tertiary alicyclic amines) is 1. The quantitative estimate of drug-likeness (QED) is 0.861. The highest BCUT2D eigenvalue weighted by Gasteiger charge is 2.34. The molecule has 1 fully saturated rings. The van der Waals surface area contributed by atoms with Gasteiger partial charge < -0.3 is 14.7 Å². The van der Waals surface area contributed by atoms with Crippen molar-refractivity contribution in [1.29, 1.82) is 0 Å². The molecule has 112 valence electrons. The molecule has 1 saturated heterocycles. The topological polar surface area (TPSA) is 82.6 Å². The Bertz CT molecular complexity index is 569. The predicted molar refractivity (Wildman–Crippen MR) is 76.4 cm³/mol. The Hall–Kier alpha value is -1.76. The van der Waals surface area contributed by atoms with Gasteiger partial charge in [0.05, 0.1) is 25.3 Å². The number of hydrogen-bond donors (Lipinski definition) is 2. The van der Waals surface area contributed by atoms with E-state index in [0.717, 1.165) is 24.9 Å². The zero-order chi connectivity index (χ0) is 14.7. The first-order valence-electron chi connectivity index (χ1n) is 7.20. The van der Waals surface area contributed by atoms with Crippen LogP contribution in [0.15, 0.2) is 34.9 Å². The van der Waals surface area contributed by atoms with Gasteiger partial charge >= 0.3 is 0 Å². The molecular formula is C15H19N3O3. The van der Waals surface area contributed by atoms with Crippen molar-refractivity contribution in [3.8, 4) is 11.4 Å². The second-order valence-corrected chi connectivity index (χ2v) is 5.24. The summed E-state index contributed by atoms with van der Waals surface area (Å²) in [4.78, 5) is 6.52. The van der Waals surface area contributed by atoms with Crippen LogP contribution in [0.25, 0.3) is 11.4 Å². The van der Waals surface area contributed by atoms with Crippen molar-refractivity contribution in [2.75, 3.05) is 19.8 Å². The molecule has 3 rings (SSSR count). The standard InChI is InChI=1S/C15H19N3O3/c19-9-12(10-20)18-8-4-7-13(18)15-16-14(17-21-15)11-5-2-1-3-6-11/h1-3,5-6,12-13,19-20H,4,7-10H2. The second kappa shape index (κ2) is 6.34. The van der Waals surface area contributed by atoms with Gasteiger partial charge in [-0.3, -0.25) is 4.90 Å². The molecule has 1 aromatic carbocycles. The van der Waals surface area contributed by atoms with Crippen LogP contribution >= 0.6 is 0 Å². The highest BCUT2D eigenvalue weighted by atomic mass is 16.5. The van der Waals surface area contributed by atoms with Crippen LogP contribution in [0.3, 0.4) is 0 Å². The molecule has 0 spiro atoms. The van der Waals surface area contributed by atoms with Crippen LogP contribution in [0.2, 0.25) is 0 Å². The Morgan fingerprint density at radius 1 is 1.24 bits per heavy atom. The Morgan fingerprint density at radius 3 is 2.71 bits per heavy atom. The minimum atomic E-state index is -0.274. The minimum absolute atomic E-state index is 0.0285. The van der Waals surface area contributed by atoms with Crippen molar-refractivity contribution in [1.82, 2.24) is 15.0 Å². The van der Waals surface area contributed by atoms with Gasteiger partial charge in [0.1, 0.15) is 0 Å². The Balaban J connectivity index is 1.82. The summed E-state index contributed by atoms with van der Waals surface area (Å²) in [7, 11) is 0. The molecule has 0 aliphatic carbocycles. The number of benzene rings is 1.